The zero-order valence-corrected chi connectivity index (χ0v) is 9.07. The molecule has 0 unspecified atom stereocenters. The SMILES string of the molecule is Nc1cc(Nc2ccccn2)c(C(F)(F)F)cn1. The van der Waals surface area contributed by atoms with E-state index in [-0.39, 0.29) is 11.5 Å². The average Bonchev–Trinajstić information content (AvgIpc) is 2.28. The van der Waals surface area contributed by atoms with Gasteiger partial charge < -0.3 is 11.1 Å². The molecule has 94 valence electrons. The highest BCUT2D eigenvalue weighted by Crippen LogP contribution is 2.35. The number of alkyl halides is 3. The van der Waals surface area contributed by atoms with Crippen LogP contribution >= 0.6 is 0 Å². The van der Waals surface area contributed by atoms with E-state index >= 15 is 0 Å². The number of rotatable bonds is 2. The van der Waals surface area contributed by atoms with Crippen molar-refractivity contribution >= 4 is 17.3 Å². The van der Waals surface area contributed by atoms with E-state index in [1.807, 2.05) is 0 Å². The average molecular weight is 254 g/mol. The van der Waals surface area contributed by atoms with Crippen molar-refractivity contribution < 1.29 is 13.2 Å². The molecule has 0 bridgehead atoms. The smallest absolute Gasteiger partial charge is 0.384 e. The fourth-order valence-corrected chi connectivity index (χ4v) is 1.38. The lowest BCUT2D eigenvalue weighted by atomic mass is 10.2. The van der Waals surface area contributed by atoms with Gasteiger partial charge in [0.2, 0.25) is 0 Å². The number of anilines is 3. The van der Waals surface area contributed by atoms with Crippen LogP contribution in [0.1, 0.15) is 5.56 Å². The first-order valence-corrected chi connectivity index (χ1v) is 4.97. The van der Waals surface area contributed by atoms with Gasteiger partial charge in [0.25, 0.3) is 0 Å². The van der Waals surface area contributed by atoms with Crippen molar-refractivity contribution in [3.05, 3.63) is 42.2 Å². The van der Waals surface area contributed by atoms with E-state index < -0.39 is 11.7 Å². The Labute approximate surface area is 101 Å². The molecular weight excluding hydrogens is 245 g/mol. The van der Waals surface area contributed by atoms with E-state index in [2.05, 4.69) is 15.3 Å². The molecule has 0 aliphatic rings. The Morgan fingerprint density at radius 2 is 1.94 bits per heavy atom. The van der Waals surface area contributed by atoms with Crippen molar-refractivity contribution in [1.29, 1.82) is 0 Å². The largest absolute Gasteiger partial charge is 0.419 e. The maximum absolute atomic E-state index is 12.7. The minimum Gasteiger partial charge on any atom is -0.384 e. The van der Waals surface area contributed by atoms with Crippen molar-refractivity contribution in [2.24, 2.45) is 0 Å². The molecule has 4 nitrogen and oxygen atoms in total. The second kappa shape index (κ2) is 4.52. The molecule has 0 atom stereocenters. The maximum Gasteiger partial charge on any atom is 0.419 e. The minimum atomic E-state index is -4.50. The van der Waals surface area contributed by atoms with Gasteiger partial charge in [0.15, 0.2) is 0 Å². The summed E-state index contributed by atoms with van der Waals surface area (Å²) in [6, 6.07) is 6.00. The summed E-state index contributed by atoms with van der Waals surface area (Å²) in [4.78, 5) is 7.33. The number of nitrogens with one attached hydrogen (secondary N) is 1. The highest BCUT2D eigenvalue weighted by atomic mass is 19.4. The van der Waals surface area contributed by atoms with Gasteiger partial charge in [0.1, 0.15) is 11.6 Å². The number of hydrogen-bond donors (Lipinski definition) is 2. The highest BCUT2D eigenvalue weighted by molar-refractivity contribution is 5.63. The Morgan fingerprint density at radius 3 is 2.56 bits per heavy atom. The van der Waals surface area contributed by atoms with Crippen LogP contribution in [0.2, 0.25) is 0 Å². The molecule has 3 N–H and O–H groups in total. The molecule has 0 saturated heterocycles. The third-order valence-electron chi connectivity index (χ3n) is 2.16. The molecule has 0 aliphatic heterocycles. The van der Waals surface area contributed by atoms with Crippen LogP contribution in [-0.4, -0.2) is 9.97 Å². The van der Waals surface area contributed by atoms with Crippen LogP contribution in [0.15, 0.2) is 36.7 Å². The Balaban J connectivity index is 2.40. The van der Waals surface area contributed by atoms with E-state index in [9.17, 15) is 13.2 Å². The molecule has 2 aromatic heterocycles. The fourth-order valence-electron chi connectivity index (χ4n) is 1.38. The topological polar surface area (TPSA) is 63.8 Å². The Morgan fingerprint density at radius 1 is 1.17 bits per heavy atom. The molecule has 0 fully saturated rings. The summed E-state index contributed by atoms with van der Waals surface area (Å²) in [5, 5.41) is 2.57. The van der Waals surface area contributed by atoms with Crippen molar-refractivity contribution in [1.82, 2.24) is 9.97 Å². The van der Waals surface area contributed by atoms with Gasteiger partial charge in [-0.2, -0.15) is 13.2 Å². The maximum atomic E-state index is 12.7. The van der Waals surface area contributed by atoms with Crippen LogP contribution in [0.4, 0.5) is 30.5 Å². The van der Waals surface area contributed by atoms with Gasteiger partial charge in [-0.15, -0.1) is 0 Å². The number of pyridine rings is 2. The molecule has 0 amide bonds. The molecule has 2 aromatic rings. The molecule has 0 saturated carbocycles. The molecule has 0 spiro atoms. The van der Waals surface area contributed by atoms with Crippen molar-refractivity contribution in [2.45, 2.75) is 6.18 Å². The highest BCUT2D eigenvalue weighted by Gasteiger charge is 2.34. The molecule has 2 rings (SSSR count). The first kappa shape index (κ1) is 12.2. The van der Waals surface area contributed by atoms with Crippen LogP contribution in [-0.2, 0) is 6.18 Å². The fraction of sp³-hybridized carbons (Fsp3) is 0.0909. The summed E-state index contributed by atoms with van der Waals surface area (Å²) < 4.78 is 38.2. The Kier molecular flexibility index (Phi) is 3.05. The van der Waals surface area contributed by atoms with Crippen LogP contribution < -0.4 is 11.1 Å². The predicted octanol–water partition coefficient (Wildman–Crippen LogP) is 2.82. The number of nitrogen functional groups attached to an aromatic ring is 1. The summed E-state index contributed by atoms with van der Waals surface area (Å²) >= 11 is 0. The van der Waals surface area contributed by atoms with Crippen LogP contribution in [0.25, 0.3) is 0 Å². The van der Waals surface area contributed by atoms with Gasteiger partial charge in [0.05, 0.1) is 11.3 Å². The van der Waals surface area contributed by atoms with Gasteiger partial charge in [-0.1, -0.05) is 6.07 Å². The van der Waals surface area contributed by atoms with E-state index in [1.165, 1.54) is 6.20 Å². The monoisotopic (exact) mass is 254 g/mol. The third kappa shape index (κ3) is 2.68. The second-order valence-corrected chi connectivity index (χ2v) is 3.49. The minimum absolute atomic E-state index is 0.00133. The summed E-state index contributed by atoms with van der Waals surface area (Å²) in [6.07, 6.45) is -2.33. The Hall–Kier alpha value is -2.31. The first-order valence-electron chi connectivity index (χ1n) is 4.97. The first-order chi connectivity index (χ1) is 8.47. The standard InChI is InChI=1S/C11H9F3N4/c12-11(13,14)7-6-17-9(15)5-8(7)18-10-3-1-2-4-16-10/h1-6H,(H3,15,16,17,18). The van der Waals surface area contributed by atoms with Crippen LogP contribution in [0.5, 0.6) is 0 Å². The molecule has 7 heteroatoms. The van der Waals surface area contributed by atoms with Gasteiger partial charge in [-0.3, -0.25) is 0 Å². The molecule has 2 heterocycles. The number of halogens is 3. The van der Waals surface area contributed by atoms with Gasteiger partial charge in [-0.05, 0) is 12.1 Å². The number of nitrogens with two attached hydrogens (primary N) is 1. The second-order valence-electron chi connectivity index (χ2n) is 3.49. The van der Waals surface area contributed by atoms with Gasteiger partial charge in [-0.25, -0.2) is 9.97 Å². The summed E-state index contributed by atoms with van der Waals surface area (Å²) in [5.41, 5.74) is 4.33. The van der Waals surface area contributed by atoms with Gasteiger partial charge in [0, 0.05) is 18.5 Å². The number of hydrogen-bond acceptors (Lipinski definition) is 4. The predicted molar refractivity (Wildman–Crippen MR) is 61.2 cm³/mol. The molecule has 0 aromatic carbocycles. The summed E-state index contributed by atoms with van der Waals surface area (Å²) in [7, 11) is 0. The lowest BCUT2D eigenvalue weighted by Gasteiger charge is -2.13. The quantitative estimate of drug-likeness (QED) is 0.864. The summed E-state index contributed by atoms with van der Waals surface area (Å²) in [5.74, 6) is 0.301. The van der Waals surface area contributed by atoms with Crippen molar-refractivity contribution in [3.63, 3.8) is 0 Å². The van der Waals surface area contributed by atoms with Crippen molar-refractivity contribution in [3.8, 4) is 0 Å². The summed E-state index contributed by atoms with van der Waals surface area (Å²) in [6.45, 7) is 0. The van der Waals surface area contributed by atoms with Crippen LogP contribution in [0, 0.1) is 0 Å². The van der Waals surface area contributed by atoms with E-state index in [1.54, 1.807) is 18.2 Å². The van der Waals surface area contributed by atoms with Crippen LogP contribution in [0.3, 0.4) is 0 Å². The van der Waals surface area contributed by atoms with E-state index in [4.69, 9.17) is 5.73 Å². The molecule has 0 radical (unpaired) electrons. The lowest BCUT2D eigenvalue weighted by molar-refractivity contribution is -0.137. The zero-order chi connectivity index (χ0) is 13.2. The normalized spacial score (nSPS) is 11.3. The van der Waals surface area contributed by atoms with E-state index in [0.717, 1.165) is 6.07 Å². The van der Waals surface area contributed by atoms with Gasteiger partial charge >= 0.3 is 6.18 Å². The molecule has 0 aliphatic carbocycles. The number of aromatic nitrogens is 2. The zero-order valence-electron chi connectivity index (χ0n) is 9.07. The Bertz CT molecular complexity index is 540. The van der Waals surface area contributed by atoms with Crippen molar-refractivity contribution in [2.75, 3.05) is 11.1 Å². The lowest BCUT2D eigenvalue weighted by Crippen LogP contribution is -2.10. The number of nitrogens with zero attached hydrogens (tertiary/aromatic N) is 2. The molecule has 18 heavy (non-hydrogen) atoms. The molecular formula is C11H9F3N4. The van der Waals surface area contributed by atoms with E-state index in [0.29, 0.717) is 12.0 Å². The third-order valence-corrected chi connectivity index (χ3v) is 2.16.